The van der Waals surface area contributed by atoms with Crippen LogP contribution in [0.5, 0.6) is 5.75 Å². The number of nitrogens with one attached hydrogen (secondary N) is 1. The molecule has 2 rings (SSSR count). The van der Waals surface area contributed by atoms with Gasteiger partial charge < -0.3 is 10.1 Å². The van der Waals surface area contributed by atoms with E-state index in [0.717, 1.165) is 0 Å². The Morgan fingerprint density at radius 3 is 2.36 bits per heavy atom. The lowest BCUT2D eigenvalue weighted by molar-refractivity contribution is 0.0924. The monoisotopic (exact) mass is 326 g/mol. The van der Waals surface area contributed by atoms with Crippen molar-refractivity contribution < 1.29 is 17.9 Å². The van der Waals surface area contributed by atoms with Crippen LogP contribution in [0.3, 0.4) is 0 Å². The molecule has 0 unspecified atom stereocenters. The molecule has 7 heteroatoms. The molecule has 0 bridgehead atoms. The molecule has 1 aliphatic heterocycles. The Hall–Kier alpha value is -1.60. The number of carbonyl (C=O) groups excluding carboxylic acids is 1. The molecule has 1 aliphatic rings. The van der Waals surface area contributed by atoms with Gasteiger partial charge in [-0.05, 0) is 44.0 Å². The Balaban J connectivity index is 1.88. The van der Waals surface area contributed by atoms with E-state index < -0.39 is 10.0 Å². The maximum Gasteiger partial charge on any atom is 0.251 e. The van der Waals surface area contributed by atoms with Crippen molar-refractivity contribution in [3.8, 4) is 5.75 Å². The van der Waals surface area contributed by atoms with E-state index in [1.807, 2.05) is 0 Å². The van der Waals surface area contributed by atoms with Gasteiger partial charge in [-0.3, -0.25) is 4.79 Å². The van der Waals surface area contributed by atoms with Crippen LogP contribution in [0.2, 0.25) is 0 Å². The standard InChI is InChI=1S/C15H22N2O4S/c1-3-22(19,20)17-10-8-13(9-11-17)16-15(18)12-4-6-14(21-2)7-5-12/h4-7,13H,3,8-11H2,1-2H3,(H,16,18). The normalized spacial score (nSPS) is 17.2. The molecule has 1 fully saturated rings. The Morgan fingerprint density at radius 1 is 1.27 bits per heavy atom. The summed E-state index contributed by atoms with van der Waals surface area (Å²) in [6.45, 7) is 2.57. The number of sulfonamides is 1. The van der Waals surface area contributed by atoms with Gasteiger partial charge in [-0.1, -0.05) is 0 Å². The molecule has 0 radical (unpaired) electrons. The van der Waals surface area contributed by atoms with Crippen LogP contribution in [0.1, 0.15) is 30.1 Å². The van der Waals surface area contributed by atoms with Gasteiger partial charge >= 0.3 is 0 Å². The Kier molecular flexibility index (Phi) is 5.42. The molecule has 0 saturated carbocycles. The summed E-state index contributed by atoms with van der Waals surface area (Å²) in [7, 11) is -1.55. The molecule has 1 aromatic carbocycles. The highest BCUT2D eigenvalue weighted by molar-refractivity contribution is 7.89. The van der Waals surface area contributed by atoms with Gasteiger partial charge in [0.15, 0.2) is 0 Å². The lowest BCUT2D eigenvalue weighted by Gasteiger charge is -2.31. The first-order chi connectivity index (χ1) is 10.5. The number of rotatable bonds is 5. The summed E-state index contributed by atoms with van der Waals surface area (Å²) >= 11 is 0. The first kappa shape index (κ1) is 16.8. The summed E-state index contributed by atoms with van der Waals surface area (Å²) in [6.07, 6.45) is 1.28. The van der Waals surface area contributed by atoms with E-state index in [1.165, 1.54) is 4.31 Å². The van der Waals surface area contributed by atoms with E-state index in [-0.39, 0.29) is 17.7 Å². The number of methoxy groups -OCH3 is 1. The molecular formula is C15H22N2O4S. The zero-order chi connectivity index (χ0) is 16.2. The van der Waals surface area contributed by atoms with Crippen molar-refractivity contribution >= 4 is 15.9 Å². The third kappa shape index (κ3) is 3.98. The number of benzene rings is 1. The van der Waals surface area contributed by atoms with Crippen LogP contribution in [-0.4, -0.2) is 50.6 Å². The van der Waals surface area contributed by atoms with Crippen molar-refractivity contribution in [2.45, 2.75) is 25.8 Å². The van der Waals surface area contributed by atoms with Crippen LogP contribution < -0.4 is 10.1 Å². The van der Waals surface area contributed by atoms with Gasteiger partial charge in [-0.2, -0.15) is 0 Å². The molecule has 6 nitrogen and oxygen atoms in total. The average molecular weight is 326 g/mol. The first-order valence-corrected chi connectivity index (χ1v) is 9.00. The van der Waals surface area contributed by atoms with Crippen molar-refractivity contribution in [1.29, 1.82) is 0 Å². The molecule has 1 aromatic rings. The van der Waals surface area contributed by atoms with E-state index in [0.29, 0.717) is 37.2 Å². The van der Waals surface area contributed by atoms with E-state index >= 15 is 0 Å². The van der Waals surface area contributed by atoms with Crippen molar-refractivity contribution in [3.63, 3.8) is 0 Å². The second-order valence-corrected chi connectivity index (χ2v) is 7.53. The van der Waals surface area contributed by atoms with Gasteiger partial charge in [0, 0.05) is 24.7 Å². The minimum absolute atomic E-state index is 0.0120. The fraction of sp³-hybridized carbons (Fsp3) is 0.533. The lowest BCUT2D eigenvalue weighted by Crippen LogP contribution is -2.46. The minimum Gasteiger partial charge on any atom is -0.497 e. The van der Waals surface area contributed by atoms with Crippen LogP contribution in [0.4, 0.5) is 0 Å². The number of ether oxygens (including phenoxy) is 1. The maximum absolute atomic E-state index is 12.2. The predicted molar refractivity (Wildman–Crippen MR) is 84.5 cm³/mol. The highest BCUT2D eigenvalue weighted by Crippen LogP contribution is 2.16. The van der Waals surface area contributed by atoms with E-state index in [4.69, 9.17) is 4.74 Å². The molecule has 0 atom stereocenters. The second-order valence-electron chi connectivity index (χ2n) is 5.28. The lowest BCUT2D eigenvalue weighted by atomic mass is 10.1. The number of hydrogen-bond acceptors (Lipinski definition) is 4. The van der Waals surface area contributed by atoms with Gasteiger partial charge in [0.05, 0.1) is 12.9 Å². The number of piperidine rings is 1. The largest absolute Gasteiger partial charge is 0.497 e. The van der Waals surface area contributed by atoms with Gasteiger partial charge in [0.25, 0.3) is 5.91 Å². The summed E-state index contributed by atoms with van der Waals surface area (Å²) in [5.41, 5.74) is 0.574. The average Bonchev–Trinajstić information content (AvgIpc) is 2.55. The third-order valence-electron chi connectivity index (χ3n) is 3.90. The molecule has 0 spiro atoms. The fourth-order valence-electron chi connectivity index (χ4n) is 2.47. The van der Waals surface area contributed by atoms with Crippen LogP contribution >= 0.6 is 0 Å². The van der Waals surface area contributed by atoms with Crippen molar-refractivity contribution in [2.75, 3.05) is 26.0 Å². The molecule has 1 N–H and O–H groups in total. The molecule has 22 heavy (non-hydrogen) atoms. The van der Waals surface area contributed by atoms with Crippen molar-refractivity contribution in [1.82, 2.24) is 9.62 Å². The molecule has 1 heterocycles. The quantitative estimate of drug-likeness (QED) is 0.883. The summed E-state index contributed by atoms with van der Waals surface area (Å²) < 4.78 is 30.1. The maximum atomic E-state index is 12.2. The predicted octanol–water partition coefficient (Wildman–Crippen LogP) is 1.24. The van der Waals surface area contributed by atoms with E-state index in [2.05, 4.69) is 5.32 Å². The Bertz CT molecular complexity index is 605. The first-order valence-electron chi connectivity index (χ1n) is 7.39. The molecular weight excluding hydrogens is 304 g/mol. The number of carbonyl (C=O) groups is 1. The van der Waals surface area contributed by atoms with Crippen LogP contribution in [0.25, 0.3) is 0 Å². The zero-order valence-electron chi connectivity index (χ0n) is 12.9. The Morgan fingerprint density at radius 2 is 1.86 bits per heavy atom. The molecule has 0 aromatic heterocycles. The topological polar surface area (TPSA) is 75.7 Å². The van der Waals surface area contributed by atoms with Crippen LogP contribution in [0.15, 0.2) is 24.3 Å². The van der Waals surface area contributed by atoms with Crippen molar-refractivity contribution in [2.24, 2.45) is 0 Å². The smallest absolute Gasteiger partial charge is 0.251 e. The van der Waals surface area contributed by atoms with Crippen molar-refractivity contribution in [3.05, 3.63) is 29.8 Å². The molecule has 1 amide bonds. The summed E-state index contributed by atoms with van der Waals surface area (Å²) in [4.78, 5) is 12.2. The Labute approximate surface area is 131 Å². The molecule has 122 valence electrons. The number of nitrogens with zero attached hydrogens (tertiary/aromatic N) is 1. The van der Waals surface area contributed by atoms with Gasteiger partial charge in [0.1, 0.15) is 5.75 Å². The highest BCUT2D eigenvalue weighted by Gasteiger charge is 2.27. The second kappa shape index (κ2) is 7.11. The van der Waals surface area contributed by atoms with E-state index in [1.54, 1.807) is 38.3 Å². The summed E-state index contributed by atoms with van der Waals surface area (Å²) in [6, 6.07) is 6.92. The van der Waals surface area contributed by atoms with Gasteiger partial charge in [0.2, 0.25) is 10.0 Å². The van der Waals surface area contributed by atoms with Crippen LogP contribution in [0, 0.1) is 0 Å². The zero-order valence-corrected chi connectivity index (χ0v) is 13.7. The minimum atomic E-state index is -3.13. The van der Waals surface area contributed by atoms with E-state index in [9.17, 15) is 13.2 Å². The molecule has 1 saturated heterocycles. The van der Waals surface area contributed by atoms with Gasteiger partial charge in [-0.25, -0.2) is 12.7 Å². The SMILES string of the molecule is CCS(=O)(=O)N1CCC(NC(=O)c2ccc(OC)cc2)CC1. The fourth-order valence-corrected chi connectivity index (χ4v) is 3.60. The highest BCUT2D eigenvalue weighted by atomic mass is 32.2. The molecule has 0 aliphatic carbocycles. The number of amides is 1. The summed E-state index contributed by atoms with van der Waals surface area (Å²) in [5, 5.41) is 2.96. The summed E-state index contributed by atoms with van der Waals surface area (Å²) in [5.74, 6) is 0.685. The van der Waals surface area contributed by atoms with Crippen LogP contribution in [-0.2, 0) is 10.0 Å². The van der Waals surface area contributed by atoms with Gasteiger partial charge in [-0.15, -0.1) is 0 Å². The third-order valence-corrected chi connectivity index (χ3v) is 5.78. The number of hydrogen-bond donors (Lipinski definition) is 1.